The Morgan fingerprint density at radius 2 is 1.95 bits per heavy atom. The molecule has 2 unspecified atom stereocenters. The van der Waals surface area contributed by atoms with E-state index in [1.165, 1.54) is 24.9 Å². The Balaban J connectivity index is 1.92. The zero-order valence-corrected chi connectivity index (χ0v) is 12.1. The number of anilines is 1. The van der Waals surface area contributed by atoms with Crippen LogP contribution in [0.15, 0.2) is 18.2 Å². The first kappa shape index (κ1) is 13.1. The van der Waals surface area contributed by atoms with Gasteiger partial charge < -0.3 is 15.4 Å². The van der Waals surface area contributed by atoms with Crippen LogP contribution in [0.3, 0.4) is 0 Å². The lowest BCUT2D eigenvalue weighted by Crippen LogP contribution is -2.55. The third-order valence-corrected chi connectivity index (χ3v) is 4.76. The Kier molecular flexibility index (Phi) is 3.59. The van der Waals surface area contributed by atoms with Gasteiger partial charge in [0.15, 0.2) is 0 Å². The van der Waals surface area contributed by atoms with Crippen LogP contribution in [0.4, 0.5) is 5.69 Å². The van der Waals surface area contributed by atoms with E-state index < -0.39 is 0 Å². The number of piperidine rings is 2. The summed E-state index contributed by atoms with van der Waals surface area (Å²) in [5.41, 5.74) is 7.40. The molecule has 2 aliphatic heterocycles. The topological polar surface area (TPSA) is 38.5 Å². The van der Waals surface area contributed by atoms with Crippen molar-refractivity contribution in [2.75, 3.05) is 12.0 Å². The van der Waals surface area contributed by atoms with Crippen LogP contribution >= 0.6 is 11.6 Å². The Hall–Kier alpha value is -0.930. The molecule has 2 fully saturated rings. The molecule has 0 spiro atoms. The minimum Gasteiger partial charge on any atom is -0.495 e. The van der Waals surface area contributed by atoms with Gasteiger partial charge in [-0.25, -0.2) is 0 Å². The third kappa shape index (κ3) is 2.41. The maximum absolute atomic E-state index is 6.17. The second kappa shape index (κ2) is 5.22. The molecule has 0 amide bonds. The van der Waals surface area contributed by atoms with Crippen molar-refractivity contribution in [3.05, 3.63) is 23.2 Å². The van der Waals surface area contributed by atoms with E-state index >= 15 is 0 Å². The highest BCUT2D eigenvalue weighted by molar-refractivity contribution is 6.32. The molecule has 3 rings (SSSR count). The highest BCUT2D eigenvalue weighted by Gasteiger charge is 2.37. The first-order valence-electron chi connectivity index (χ1n) is 7.06. The largest absolute Gasteiger partial charge is 0.495 e. The molecule has 2 saturated heterocycles. The van der Waals surface area contributed by atoms with Crippen molar-refractivity contribution in [2.24, 2.45) is 5.73 Å². The Morgan fingerprint density at radius 3 is 2.58 bits per heavy atom. The van der Waals surface area contributed by atoms with E-state index in [1.807, 2.05) is 6.07 Å². The maximum Gasteiger partial charge on any atom is 0.139 e. The lowest BCUT2D eigenvalue weighted by molar-refractivity contribution is 0.271. The second-order valence-electron chi connectivity index (χ2n) is 5.70. The van der Waals surface area contributed by atoms with Crippen LogP contribution in [0.5, 0.6) is 5.75 Å². The van der Waals surface area contributed by atoms with Crippen LogP contribution in [-0.4, -0.2) is 25.2 Å². The van der Waals surface area contributed by atoms with E-state index in [1.54, 1.807) is 7.11 Å². The van der Waals surface area contributed by atoms with Crippen LogP contribution in [0.25, 0.3) is 0 Å². The van der Waals surface area contributed by atoms with Crippen LogP contribution in [0.2, 0.25) is 5.02 Å². The third-order valence-electron chi connectivity index (χ3n) is 4.44. The predicted molar refractivity (Wildman–Crippen MR) is 79.1 cm³/mol. The number of rotatable bonds is 2. The van der Waals surface area contributed by atoms with Crippen molar-refractivity contribution in [3.8, 4) is 5.75 Å². The van der Waals surface area contributed by atoms with Gasteiger partial charge in [-0.1, -0.05) is 11.6 Å². The van der Waals surface area contributed by atoms with Gasteiger partial charge in [0.1, 0.15) is 5.75 Å². The molecule has 0 aliphatic carbocycles. The fourth-order valence-corrected chi connectivity index (χ4v) is 3.85. The molecule has 4 heteroatoms. The van der Waals surface area contributed by atoms with E-state index in [2.05, 4.69) is 17.0 Å². The van der Waals surface area contributed by atoms with Crippen molar-refractivity contribution in [2.45, 2.75) is 50.2 Å². The summed E-state index contributed by atoms with van der Waals surface area (Å²) in [6.07, 6.45) is 6.01. The molecule has 0 radical (unpaired) electrons. The number of benzene rings is 1. The summed E-state index contributed by atoms with van der Waals surface area (Å²) in [4.78, 5) is 2.55. The van der Waals surface area contributed by atoms with Crippen LogP contribution in [0, 0.1) is 0 Å². The highest BCUT2D eigenvalue weighted by Crippen LogP contribution is 2.39. The molecular formula is C15H21ClN2O. The molecular weight excluding hydrogens is 260 g/mol. The standard InChI is InChI=1S/C15H21ClN2O/c1-19-15-9-13(5-6-14(15)16)18-11-3-2-4-12(18)8-10(17)7-11/h5-6,9-12H,2-4,7-8,17H2,1H3. The molecule has 1 aromatic carbocycles. The SMILES string of the molecule is COc1cc(N2C3CCCC2CC(N)C3)ccc1Cl. The first-order chi connectivity index (χ1) is 9.19. The smallest absolute Gasteiger partial charge is 0.139 e. The normalized spacial score (nSPS) is 30.3. The Labute approximate surface area is 119 Å². The summed E-state index contributed by atoms with van der Waals surface area (Å²) in [5.74, 6) is 0.757. The number of hydrogen-bond acceptors (Lipinski definition) is 3. The molecule has 2 atom stereocenters. The number of methoxy groups -OCH3 is 1. The van der Waals surface area contributed by atoms with Crippen molar-refractivity contribution in [1.29, 1.82) is 0 Å². The van der Waals surface area contributed by atoms with Gasteiger partial charge in [0.25, 0.3) is 0 Å². The minimum atomic E-state index is 0.362. The molecule has 0 aromatic heterocycles. The zero-order chi connectivity index (χ0) is 13.4. The quantitative estimate of drug-likeness (QED) is 0.904. The average Bonchev–Trinajstić information content (AvgIpc) is 2.38. The van der Waals surface area contributed by atoms with E-state index in [0.29, 0.717) is 23.1 Å². The van der Waals surface area contributed by atoms with E-state index in [-0.39, 0.29) is 0 Å². The zero-order valence-electron chi connectivity index (χ0n) is 11.3. The van der Waals surface area contributed by atoms with Gasteiger partial charge in [-0.2, -0.15) is 0 Å². The number of nitrogens with two attached hydrogens (primary N) is 1. The van der Waals surface area contributed by atoms with Crippen molar-refractivity contribution < 1.29 is 4.74 Å². The lowest BCUT2D eigenvalue weighted by Gasteiger charge is -2.49. The van der Waals surface area contributed by atoms with Gasteiger partial charge in [-0.05, 0) is 44.2 Å². The molecule has 1 aromatic rings. The van der Waals surface area contributed by atoms with Gasteiger partial charge in [-0.3, -0.25) is 0 Å². The molecule has 19 heavy (non-hydrogen) atoms. The number of nitrogens with zero attached hydrogens (tertiary/aromatic N) is 1. The molecule has 3 nitrogen and oxygen atoms in total. The summed E-state index contributed by atoms with van der Waals surface area (Å²) in [5, 5.41) is 0.671. The van der Waals surface area contributed by atoms with Crippen LogP contribution in [0.1, 0.15) is 32.1 Å². The van der Waals surface area contributed by atoms with Crippen molar-refractivity contribution in [1.82, 2.24) is 0 Å². The number of fused-ring (bicyclic) bond motifs is 2. The number of halogens is 1. The van der Waals surface area contributed by atoms with E-state index in [9.17, 15) is 0 Å². The van der Waals surface area contributed by atoms with Crippen LogP contribution < -0.4 is 15.4 Å². The summed E-state index contributed by atoms with van der Waals surface area (Å²) in [6, 6.07) is 7.61. The minimum absolute atomic E-state index is 0.362. The second-order valence-corrected chi connectivity index (χ2v) is 6.10. The van der Waals surface area contributed by atoms with Gasteiger partial charge in [-0.15, -0.1) is 0 Å². The molecule has 2 N–H and O–H groups in total. The summed E-state index contributed by atoms with van der Waals surface area (Å²) >= 11 is 6.12. The maximum atomic E-state index is 6.17. The lowest BCUT2D eigenvalue weighted by atomic mass is 9.81. The first-order valence-corrected chi connectivity index (χ1v) is 7.44. The fourth-order valence-electron chi connectivity index (χ4n) is 3.65. The van der Waals surface area contributed by atoms with Crippen molar-refractivity contribution in [3.63, 3.8) is 0 Å². The molecule has 2 bridgehead atoms. The van der Waals surface area contributed by atoms with Gasteiger partial charge in [0.2, 0.25) is 0 Å². The van der Waals surface area contributed by atoms with Gasteiger partial charge in [0, 0.05) is 29.9 Å². The number of hydrogen-bond donors (Lipinski definition) is 1. The molecule has 0 saturated carbocycles. The molecule has 2 aliphatic rings. The van der Waals surface area contributed by atoms with E-state index in [4.69, 9.17) is 22.1 Å². The van der Waals surface area contributed by atoms with Gasteiger partial charge in [0.05, 0.1) is 12.1 Å². The van der Waals surface area contributed by atoms with E-state index in [0.717, 1.165) is 18.6 Å². The van der Waals surface area contributed by atoms with Crippen molar-refractivity contribution >= 4 is 17.3 Å². The monoisotopic (exact) mass is 280 g/mol. The molecule has 2 heterocycles. The highest BCUT2D eigenvalue weighted by atomic mass is 35.5. The molecule has 104 valence electrons. The Bertz CT molecular complexity index is 451. The summed E-state index contributed by atoms with van der Waals surface area (Å²) in [7, 11) is 1.66. The summed E-state index contributed by atoms with van der Waals surface area (Å²) < 4.78 is 5.34. The fraction of sp³-hybridized carbons (Fsp3) is 0.600. The van der Waals surface area contributed by atoms with Gasteiger partial charge >= 0.3 is 0 Å². The predicted octanol–water partition coefficient (Wildman–Crippen LogP) is 3.20. The van der Waals surface area contributed by atoms with Crippen LogP contribution in [-0.2, 0) is 0 Å². The number of ether oxygens (including phenoxy) is 1. The Morgan fingerprint density at radius 1 is 1.26 bits per heavy atom. The average molecular weight is 281 g/mol. The summed E-state index contributed by atoms with van der Waals surface area (Å²) in [6.45, 7) is 0.